The molecule has 11 heteroatoms. The summed E-state index contributed by atoms with van der Waals surface area (Å²) in [6.45, 7) is -0.631. The summed E-state index contributed by atoms with van der Waals surface area (Å²) in [5, 5.41) is 3.96. The smallest absolute Gasteiger partial charge is 0.263 e. The van der Waals surface area contributed by atoms with Crippen LogP contribution < -0.4 is 15.0 Å². The number of aromatic nitrogens is 2. The van der Waals surface area contributed by atoms with E-state index < -0.39 is 28.1 Å². The predicted molar refractivity (Wildman–Crippen MR) is 134 cm³/mol. The van der Waals surface area contributed by atoms with Crippen molar-refractivity contribution in [3.63, 3.8) is 0 Å². The van der Waals surface area contributed by atoms with Crippen molar-refractivity contribution in [3.05, 3.63) is 101 Å². The number of hydrogen-bond donors (Lipinski definition) is 1. The minimum absolute atomic E-state index is 0.0182. The van der Waals surface area contributed by atoms with Crippen molar-refractivity contribution in [2.75, 3.05) is 11.8 Å². The molecular formula is C26H19F2N3O5S. The van der Waals surface area contributed by atoms with Crippen molar-refractivity contribution in [2.24, 2.45) is 0 Å². The monoisotopic (exact) mass is 523 g/mol. The molecule has 0 aliphatic rings. The lowest BCUT2D eigenvalue weighted by atomic mass is 10.0. The van der Waals surface area contributed by atoms with Crippen LogP contribution >= 0.6 is 0 Å². The number of alkyl halides is 1. The van der Waals surface area contributed by atoms with Crippen molar-refractivity contribution in [2.45, 2.75) is 11.6 Å². The van der Waals surface area contributed by atoms with E-state index in [1.807, 2.05) is 0 Å². The fourth-order valence-electron chi connectivity index (χ4n) is 3.98. The fourth-order valence-corrected chi connectivity index (χ4v) is 5.01. The Balaban J connectivity index is 1.62. The van der Waals surface area contributed by atoms with E-state index in [4.69, 9.17) is 4.74 Å². The Labute approximate surface area is 209 Å². The summed E-state index contributed by atoms with van der Waals surface area (Å²) in [5.41, 5.74) is 1.20. The molecule has 5 aromatic rings. The van der Waals surface area contributed by atoms with Gasteiger partial charge >= 0.3 is 0 Å². The van der Waals surface area contributed by atoms with Crippen LogP contribution in [0, 0.1) is 5.82 Å². The molecule has 0 aliphatic carbocycles. The highest BCUT2D eigenvalue weighted by Gasteiger charge is 2.20. The van der Waals surface area contributed by atoms with E-state index in [9.17, 15) is 17.6 Å². The molecule has 37 heavy (non-hydrogen) atoms. The number of halogens is 2. The first-order chi connectivity index (χ1) is 17.8. The molecule has 0 saturated heterocycles. The maximum absolute atomic E-state index is 15.3. The molecule has 1 N–H and O–H groups in total. The van der Waals surface area contributed by atoms with Gasteiger partial charge in [0.2, 0.25) is 0 Å². The molecule has 0 unspecified atom stereocenters. The molecule has 0 amide bonds. The third-order valence-corrected chi connectivity index (χ3v) is 7.13. The third kappa shape index (κ3) is 4.56. The zero-order valence-electron chi connectivity index (χ0n) is 19.3. The fraction of sp³-hybridized carbons (Fsp3) is 0.0769. The molecule has 2 aromatic heterocycles. The number of fused-ring (bicyclic) bond motifs is 1. The minimum atomic E-state index is -3.99. The summed E-state index contributed by atoms with van der Waals surface area (Å²) in [5.74, 6) is -0.390. The molecule has 0 aliphatic heterocycles. The minimum Gasteiger partial charge on any atom is -0.495 e. The Hall–Kier alpha value is -4.51. The molecule has 0 atom stereocenters. The summed E-state index contributed by atoms with van der Waals surface area (Å²) < 4.78 is 67.4. The highest BCUT2D eigenvalue weighted by molar-refractivity contribution is 7.92. The van der Waals surface area contributed by atoms with Crippen LogP contribution in [0.5, 0.6) is 5.75 Å². The van der Waals surface area contributed by atoms with Gasteiger partial charge in [0.1, 0.15) is 24.5 Å². The van der Waals surface area contributed by atoms with Crippen LogP contribution in [0.3, 0.4) is 0 Å². The lowest BCUT2D eigenvalue weighted by Crippen LogP contribution is -2.19. The molecule has 3 aromatic carbocycles. The van der Waals surface area contributed by atoms with Crippen LogP contribution in [0.2, 0.25) is 0 Å². The first kappa shape index (κ1) is 24.2. The van der Waals surface area contributed by atoms with Crippen LogP contribution in [-0.2, 0) is 16.7 Å². The van der Waals surface area contributed by atoms with Crippen LogP contribution in [0.4, 0.5) is 14.6 Å². The van der Waals surface area contributed by atoms with Crippen LogP contribution in [-0.4, -0.2) is 25.3 Å². The van der Waals surface area contributed by atoms with Gasteiger partial charge in [-0.25, -0.2) is 17.2 Å². The lowest BCUT2D eigenvalue weighted by molar-refractivity contribution is 0.412. The largest absolute Gasteiger partial charge is 0.495 e. The van der Waals surface area contributed by atoms with Gasteiger partial charge in [-0.3, -0.25) is 14.1 Å². The number of pyridine rings is 1. The molecule has 0 bridgehead atoms. The number of benzene rings is 3. The number of methoxy groups -OCH3 is 1. The standard InChI is InChI=1S/C26H19F2N3O5S/c1-35-24-13-20(17-4-2-16(15-27)3-5-17)21(28)14-23(24)31-22-8-7-19(12-18(22)6-9-26(31)32)37(33,34)30-25-10-11-36-29-25/h2-14H,15H2,1H3,(H,29,30). The summed E-state index contributed by atoms with van der Waals surface area (Å²) in [6.07, 6.45) is 1.23. The number of rotatable bonds is 7. The highest BCUT2D eigenvalue weighted by atomic mass is 32.2. The molecule has 0 fully saturated rings. The zero-order valence-corrected chi connectivity index (χ0v) is 20.1. The summed E-state index contributed by atoms with van der Waals surface area (Å²) >= 11 is 0. The normalized spacial score (nSPS) is 11.5. The van der Waals surface area contributed by atoms with E-state index in [0.29, 0.717) is 22.0 Å². The van der Waals surface area contributed by atoms with Crippen molar-refractivity contribution < 1.29 is 26.5 Å². The third-order valence-electron chi connectivity index (χ3n) is 5.78. The van der Waals surface area contributed by atoms with Crippen LogP contribution in [0.25, 0.3) is 27.7 Å². The van der Waals surface area contributed by atoms with E-state index in [-0.39, 0.29) is 27.7 Å². The van der Waals surface area contributed by atoms with E-state index in [2.05, 4.69) is 14.4 Å². The molecule has 0 radical (unpaired) electrons. The second-order valence-corrected chi connectivity index (χ2v) is 9.73. The number of nitrogens with one attached hydrogen (secondary N) is 1. The van der Waals surface area contributed by atoms with Gasteiger partial charge in [0.15, 0.2) is 5.82 Å². The molecule has 0 spiro atoms. The second kappa shape index (κ2) is 9.51. The Bertz CT molecular complexity index is 1770. The summed E-state index contributed by atoms with van der Waals surface area (Å²) in [7, 11) is -2.60. The molecular weight excluding hydrogens is 504 g/mol. The van der Waals surface area contributed by atoms with Gasteiger partial charge in [-0.2, -0.15) is 0 Å². The van der Waals surface area contributed by atoms with Gasteiger partial charge in [-0.1, -0.05) is 29.4 Å². The van der Waals surface area contributed by atoms with Crippen molar-refractivity contribution in [1.82, 2.24) is 9.72 Å². The number of sulfonamides is 1. The van der Waals surface area contributed by atoms with E-state index in [0.717, 1.165) is 0 Å². The van der Waals surface area contributed by atoms with Gasteiger partial charge in [0.05, 0.1) is 23.2 Å². The molecule has 0 saturated carbocycles. The lowest BCUT2D eigenvalue weighted by Gasteiger charge is -2.16. The van der Waals surface area contributed by atoms with Crippen molar-refractivity contribution in [3.8, 4) is 22.6 Å². The number of ether oxygens (including phenoxy) is 1. The molecule has 5 rings (SSSR count). The average molecular weight is 524 g/mol. The van der Waals surface area contributed by atoms with Gasteiger partial charge in [0.25, 0.3) is 15.6 Å². The predicted octanol–water partition coefficient (Wildman–Crippen LogP) is 5.06. The Morgan fingerprint density at radius 2 is 1.81 bits per heavy atom. The van der Waals surface area contributed by atoms with Crippen molar-refractivity contribution in [1.29, 1.82) is 0 Å². The van der Waals surface area contributed by atoms with E-state index in [1.54, 1.807) is 24.3 Å². The van der Waals surface area contributed by atoms with Crippen LogP contribution in [0.1, 0.15) is 5.56 Å². The summed E-state index contributed by atoms with van der Waals surface area (Å²) in [6, 6.07) is 17.2. The molecule has 2 heterocycles. The Kier molecular flexibility index (Phi) is 6.22. The van der Waals surface area contributed by atoms with Crippen molar-refractivity contribution >= 4 is 26.7 Å². The Morgan fingerprint density at radius 1 is 1.03 bits per heavy atom. The molecule has 8 nitrogen and oxygen atoms in total. The highest BCUT2D eigenvalue weighted by Crippen LogP contribution is 2.34. The Morgan fingerprint density at radius 3 is 2.49 bits per heavy atom. The number of hydrogen-bond acceptors (Lipinski definition) is 6. The topological polar surface area (TPSA) is 103 Å². The van der Waals surface area contributed by atoms with E-state index in [1.165, 1.54) is 66.5 Å². The van der Waals surface area contributed by atoms with E-state index >= 15 is 4.39 Å². The van der Waals surface area contributed by atoms with Gasteiger partial charge < -0.3 is 9.26 Å². The average Bonchev–Trinajstić information content (AvgIpc) is 3.40. The quantitative estimate of drug-likeness (QED) is 0.320. The SMILES string of the molecule is COc1cc(-c2ccc(CF)cc2)c(F)cc1-n1c(=O)ccc2cc(S(=O)(=O)Nc3ccon3)ccc21. The zero-order chi connectivity index (χ0) is 26.2. The maximum Gasteiger partial charge on any atom is 0.263 e. The first-order valence-electron chi connectivity index (χ1n) is 10.9. The number of anilines is 1. The van der Waals surface area contributed by atoms with Gasteiger partial charge in [-0.05, 0) is 41.5 Å². The van der Waals surface area contributed by atoms with Gasteiger partial charge in [-0.15, -0.1) is 0 Å². The maximum atomic E-state index is 15.3. The van der Waals surface area contributed by atoms with Gasteiger partial charge in [0, 0.05) is 29.1 Å². The summed E-state index contributed by atoms with van der Waals surface area (Å²) in [4.78, 5) is 12.9. The number of nitrogens with zero attached hydrogens (tertiary/aromatic N) is 2. The molecule has 188 valence electrons. The second-order valence-electron chi connectivity index (χ2n) is 8.05. The first-order valence-corrected chi connectivity index (χ1v) is 12.4. The van der Waals surface area contributed by atoms with Crippen LogP contribution in [0.15, 0.2) is 93.3 Å².